The first kappa shape index (κ1) is 19.8. The molecule has 30 heavy (non-hydrogen) atoms. The molecule has 4 rings (SSSR count). The summed E-state index contributed by atoms with van der Waals surface area (Å²) in [6.07, 6.45) is 0.657. The fourth-order valence-corrected chi connectivity index (χ4v) is 4.01. The van der Waals surface area contributed by atoms with Gasteiger partial charge in [0.1, 0.15) is 5.82 Å². The molecule has 0 aliphatic carbocycles. The smallest absolute Gasteiger partial charge is 0.248 e. The van der Waals surface area contributed by atoms with E-state index in [-0.39, 0.29) is 11.8 Å². The van der Waals surface area contributed by atoms with E-state index in [0.717, 1.165) is 28.1 Å². The van der Waals surface area contributed by atoms with Crippen LogP contribution in [0.25, 0.3) is 11.3 Å². The summed E-state index contributed by atoms with van der Waals surface area (Å²) in [5, 5.41) is 4.48. The van der Waals surface area contributed by atoms with Crippen LogP contribution in [0.15, 0.2) is 36.4 Å². The summed E-state index contributed by atoms with van der Waals surface area (Å²) in [5.41, 5.74) is 11.4. The van der Waals surface area contributed by atoms with Crippen molar-refractivity contribution in [1.82, 2.24) is 14.8 Å². The fourth-order valence-electron chi connectivity index (χ4n) is 4.01. The van der Waals surface area contributed by atoms with Gasteiger partial charge in [0.2, 0.25) is 11.8 Å². The van der Waals surface area contributed by atoms with Crippen molar-refractivity contribution in [2.75, 3.05) is 4.90 Å². The van der Waals surface area contributed by atoms with Crippen LogP contribution in [0.1, 0.15) is 39.8 Å². The van der Waals surface area contributed by atoms with Gasteiger partial charge in [0, 0.05) is 35.3 Å². The van der Waals surface area contributed by atoms with Gasteiger partial charge in [-0.25, -0.2) is 4.98 Å². The van der Waals surface area contributed by atoms with Crippen LogP contribution in [0.4, 0.5) is 5.82 Å². The summed E-state index contributed by atoms with van der Waals surface area (Å²) in [4.78, 5) is 31.3. The third-order valence-corrected chi connectivity index (χ3v) is 5.84. The molecular weight excluding hydrogens is 378 g/mol. The van der Waals surface area contributed by atoms with Crippen molar-refractivity contribution in [3.8, 4) is 11.3 Å². The summed E-state index contributed by atoms with van der Waals surface area (Å²) < 4.78 is 1.84. The number of carbonyl (C=O) groups excluding carboxylic acids is 2. The van der Waals surface area contributed by atoms with Gasteiger partial charge in [-0.1, -0.05) is 25.1 Å². The summed E-state index contributed by atoms with van der Waals surface area (Å²) in [6.45, 7) is 6.35. The molecule has 0 bridgehead atoms. The summed E-state index contributed by atoms with van der Waals surface area (Å²) in [5.74, 6) is 0.131. The van der Waals surface area contributed by atoms with Gasteiger partial charge < -0.3 is 5.73 Å². The Balaban J connectivity index is 1.79. The van der Waals surface area contributed by atoms with Crippen LogP contribution in [0.3, 0.4) is 0 Å². The average molecular weight is 403 g/mol. The first-order valence-electron chi connectivity index (χ1n) is 9.97. The van der Waals surface area contributed by atoms with Gasteiger partial charge in [-0.15, -0.1) is 0 Å². The number of anilines is 1. The maximum atomic E-state index is 13.1. The zero-order valence-electron chi connectivity index (χ0n) is 17.6. The molecule has 0 fully saturated rings. The number of rotatable bonds is 4. The van der Waals surface area contributed by atoms with Crippen molar-refractivity contribution in [2.45, 2.75) is 33.7 Å². The lowest BCUT2D eigenvalue weighted by molar-refractivity contribution is -0.122. The van der Waals surface area contributed by atoms with Crippen molar-refractivity contribution >= 4 is 17.6 Å². The predicted molar refractivity (Wildman–Crippen MR) is 115 cm³/mol. The quantitative estimate of drug-likeness (QED) is 0.725. The maximum Gasteiger partial charge on any atom is 0.248 e. The standard InChI is InChI=1S/C23H25N5O2/c1-13-10-18-8-9-20(16-6-5-7-17(11-16)21(24)29)25-22(18)28(23(13)30)12-19-14(2)26-27(4)15(19)3/h5-9,11,13H,10,12H2,1-4H3,(H2,24,29). The van der Waals surface area contributed by atoms with Gasteiger partial charge in [0.05, 0.1) is 17.9 Å². The van der Waals surface area contributed by atoms with Crippen molar-refractivity contribution < 1.29 is 9.59 Å². The molecule has 3 aromatic rings. The number of hydrogen-bond acceptors (Lipinski definition) is 4. The first-order chi connectivity index (χ1) is 14.3. The molecule has 1 unspecified atom stereocenters. The lowest BCUT2D eigenvalue weighted by Crippen LogP contribution is -2.40. The molecule has 7 heteroatoms. The average Bonchev–Trinajstić information content (AvgIpc) is 2.96. The summed E-state index contributed by atoms with van der Waals surface area (Å²) in [7, 11) is 1.91. The number of aromatic nitrogens is 3. The van der Waals surface area contributed by atoms with Gasteiger partial charge in [-0.2, -0.15) is 5.10 Å². The number of amides is 2. The zero-order chi connectivity index (χ0) is 21.6. The van der Waals surface area contributed by atoms with Gasteiger partial charge in [0.15, 0.2) is 0 Å². The zero-order valence-corrected chi connectivity index (χ0v) is 17.6. The molecule has 1 aliphatic rings. The lowest BCUT2D eigenvalue weighted by atomic mass is 9.94. The van der Waals surface area contributed by atoms with Crippen LogP contribution < -0.4 is 10.6 Å². The van der Waals surface area contributed by atoms with E-state index in [2.05, 4.69) is 5.10 Å². The molecule has 2 N–H and O–H groups in total. The number of fused-ring (bicyclic) bond motifs is 1. The Bertz CT molecular complexity index is 1160. The molecule has 0 spiro atoms. The molecular formula is C23H25N5O2. The third-order valence-electron chi connectivity index (χ3n) is 5.84. The molecule has 1 aromatic carbocycles. The van der Waals surface area contributed by atoms with Crippen LogP contribution in [0.2, 0.25) is 0 Å². The molecule has 2 amide bonds. The van der Waals surface area contributed by atoms with E-state index in [0.29, 0.717) is 30.0 Å². The Morgan fingerprint density at radius 3 is 2.67 bits per heavy atom. The number of pyridine rings is 1. The SMILES string of the molecule is Cc1nn(C)c(C)c1CN1C(=O)C(C)Cc2ccc(-c3cccc(C(N)=O)c3)nc21. The highest BCUT2D eigenvalue weighted by atomic mass is 16.2. The number of aryl methyl sites for hydroxylation is 2. The Morgan fingerprint density at radius 1 is 1.23 bits per heavy atom. The van der Waals surface area contributed by atoms with Crippen LogP contribution in [-0.2, 0) is 24.8 Å². The molecule has 1 atom stereocenters. The molecule has 0 saturated carbocycles. The molecule has 3 heterocycles. The highest BCUT2D eigenvalue weighted by molar-refractivity contribution is 5.97. The van der Waals surface area contributed by atoms with Crippen LogP contribution in [0, 0.1) is 19.8 Å². The molecule has 0 radical (unpaired) electrons. The summed E-state index contributed by atoms with van der Waals surface area (Å²) in [6, 6.07) is 11.0. The number of nitrogens with two attached hydrogens (primary N) is 1. The van der Waals surface area contributed by atoms with E-state index in [4.69, 9.17) is 10.7 Å². The van der Waals surface area contributed by atoms with Crippen molar-refractivity contribution in [3.63, 3.8) is 0 Å². The number of hydrogen-bond donors (Lipinski definition) is 1. The first-order valence-corrected chi connectivity index (χ1v) is 9.97. The number of carbonyl (C=O) groups is 2. The minimum absolute atomic E-state index is 0.0562. The van der Waals surface area contributed by atoms with Crippen molar-refractivity contribution in [1.29, 1.82) is 0 Å². The van der Waals surface area contributed by atoms with Crippen LogP contribution >= 0.6 is 0 Å². The topological polar surface area (TPSA) is 94.1 Å². The number of primary amides is 1. The largest absolute Gasteiger partial charge is 0.366 e. The van der Waals surface area contributed by atoms with Gasteiger partial charge in [-0.05, 0) is 44.0 Å². The van der Waals surface area contributed by atoms with E-state index in [1.54, 1.807) is 23.1 Å². The van der Waals surface area contributed by atoms with Crippen molar-refractivity contribution in [3.05, 3.63) is 64.5 Å². The van der Waals surface area contributed by atoms with E-state index in [1.165, 1.54) is 0 Å². The maximum absolute atomic E-state index is 13.1. The Kier molecular flexibility index (Phi) is 4.89. The number of nitrogens with zero attached hydrogens (tertiary/aromatic N) is 4. The van der Waals surface area contributed by atoms with Crippen LogP contribution in [0.5, 0.6) is 0 Å². The summed E-state index contributed by atoms with van der Waals surface area (Å²) >= 11 is 0. The molecule has 154 valence electrons. The minimum atomic E-state index is -0.483. The van der Waals surface area contributed by atoms with E-state index >= 15 is 0 Å². The van der Waals surface area contributed by atoms with E-state index in [1.807, 2.05) is 50.7 Å². The van der Waals surface area contributed by atoms with E-state index < -0.39 is 5.91 Å². The Labute approximate surface area is 175 Å². The monoisotopic (exact) mass is 403 g/mol. The highest BCUT2D eigenvalue weighted by Crippen LogP contribution is 2.33. The van der Waals surface area contributed by atoms with E-state index in [9.17, 15) is 9.59 Å². The number of benzene rings is 1. The lowest BCUT2D eigenvalue weighted by Gasteiger charge is -2.32. The molecule has 7 nitrogen and oxygen atoms in total. The van der Waals surface area contributed by atoms with Gasteiger partial charge >= 0.3 is 0 Å². The Morgan fingerprint density at radius 2 is 2.00 bits per heavy atom. The second kappa shape index (κ2) is 7.40. The second-order valence-electron chi connectivity index (χ2n) is 7.93. The van der Waals surface area contributed by atoms with Crippen LogP contribution in [-0.4, -0.2) is 26.6 Å². The normalized spacial score (nSPS) is 15.9. The van der Waals surface area contributed by atoms with Gasteiger partial charge in [0.25, 0.3) is 0 Å². The third kappa shape index (κ3) is 3.36. The molecule has 1 aliphatic heterocycles. The predicted octanol–water partition coefficient (Wildman–Crippen LogP) is 2.92. The van der Waals surface area contributed by atoms with Crippen molar-refractivity contribution in [2.24, 2.45) is 18.7 Å². The highest BCUT2D eigenvalue weighted by Gasteiger charge is 2.32. The minimum Gasteiger partial charge on any atom is -0.366 e. The fraction of sp³-hybridized carbons (Fsp3) is 0.304. The second-order valence-corrected chi connectivity index (χ2v) is 7.93. The molecule has 2 aromatic heterocycles. The Hall–Kier alpha value is -3.48. The van der Waals surface area contributed by atoms with Gasteiger partial charge in [-0.3, -0.25) is 19.2 Å². The molecule has 0 saturated heterocycles.